The number of hydrogen-bond donors (Lipinski definition) is 1. The summed E-state index contributed by atoms with van der Waals surface area (Å²) < 4.78 is 40.7. The van der Waals surface area contributed by atoms with Crippen LogP contribution >= 0.6 is 0 Å². The lowest BCUT2D eigenvalue weighted by Gasteiger charge is -2.23. The fourth-order valence-electron chi connectivity index (χ4n) is 4.52. The Bertz CT molecular complexity index is 976. The zero-order valence-electron chi connectivity index (χ0n) is 17.7. The summed E-state index contributed by atoms with van der Waals surface area (Å²) in [6, 6.07) is 15.4. The van der Waals surface area contributed by atoms with E-state index in [9.17, 15) is 18.0 Å². The fourth-order valence-corrected chi connectivity index (χ4v) is 4.52. The maximum atomic E-state index is 12.9. The monoisotopic (exact) mass is 446 g/mol. The third-order valence-electron chi connectivity index (χ3n) is 6.17. The van der Waals surface area contributed by atoms with Gasteiger partial charge in [-0.15, -0.1) is 13.2 Å². The number of ether oxygens (including phenoxy) is 1. The highest BCUT2D eigenvalue weighted by Crippen LogP contribution is 2.42. The SMILES string of the molecule is CC1(c2ccccc2)CC(C2CCCC2C(=O)NCc2ccc(OC(F)(F)F)cc2)=NO1. The molecular formula is C24H25F3N2O3. The van der Waals surface area contributed by atoms with Crippen LogP contribution in [-0.4, -0.2) is 18.0 Å². The molecule has 1 heterocycles. The number of hydrogen-bond acceptors (Lipinski definition) is 4. The number of nitrogens with one attached hydrogen (secondary N) is 1. The van der Waals surface area contributed by atoms with Gasteiger partial charge in [0.2, 0.25) is 5.91 Å². The van der Waals surface area contributed by atoms with Gasteiger partial charge in [-0.2, -0.15) is 0 Å². The predicted molar refractivity (Wildman–Crippen MR) is 113 cm³/mol. The smallest absolute Gasteiger partial charge is 0.406 e. The molecule has 1 saturated carbocycles. The Balaban J connectivity index is 1.34. The molecule has 3 atom stereocenters. The van der Waals surface area contributed by atoms with Crippen molar-refractivity contribution in [2.75, 3.05) is 0 Å². The first-order valence-corrected chi connectivity index (χ1v) is 10.7. The Morgan fingerprint density at radius 2 is 1.88 bits per heavy atom. The van der Waals surface area contributed by atoms with E-state index in [-0.39, 0.29) is 30.0 Å². The van der Waals surface area contributed by atoms with E-state index < -0.39 is 12.0 Å². The molecule has 2 aromatic carbocycles. The quantitative estimate of drug-likeness (QED) is 0.654. The number of amides is 1. The van der Waals surface area contributed by atoms with Crippen molar-refractivity contribution in [3.8, 4) is 5.75 Å². The average molecular weight is 446 g/mol. The molecule has 170 valence electrons. The maximum absolute atomic E-state index is 12.9. The van der Waals surface area contributed by atoms with Crippen molar-refractivity contribution in [3.63, 3.8) is 0 Å². The minimum atomic E-state index is -4.73. The van der Waals surface area contributed by atoms with Crippen molar-refractivity contribution in [1.29, 1.82) is 0 Å². The number of halogens is 3. The van der Waals surface area contributed by atoms with E-state index in [4.69, 9.17) is 4.84 Å². The summed E-state index contributed by atoms with van der Waals surface area (Å²) in [5.41, 5.74) is 2.14. The second-order valence-corrected chi connectivity index (χ2v) is 8.50. The van der Waals surface area contributed by atoms with E-state index in [1.165, 1.54) is 24.3 Å². The second-order valence-electron chi connectivity index (χ2n) is 8.50. The molecule has 1 fully saturated rings. The van der Waals surface area contributed by atoms with Crippen molar-refractivity contribution >= 4 is 11.6 Å². The summed E-state index contributed by atoms with van der Waals surface area (Å²) in [5.74, 6) is -0.519. The van der Waals surface area contributed by atoms with Gasteiger partial charge >= 0.3 is 6.36 Å². The molecule has 3 unspecified atom stereocenters. The van der Waals surface area contributed by atoms with E-state index in [1.54, 1.807) is 0 Å². The molecule has 2 aliphatic rings. The molecule has 2 aromatic rings. The van der Waals surface area contributed by atoms with Crippen molar-refractivity contribution in [1.82, 2.24) is 5.32 Å². The Labute approximate surface area is 184 Å². The first kappa shape index (κ1) is 22.2. The van der Waals surface area contributed by atoms with Gasteiger partial charge in [0.15, 0.2) is 5.60 Å². The molecule has 1 aliphatic carbocycles. The fraction of sp³-hybridized carbons (Fsp3) is 0.417. The highest BCUT2D eigenvalue weighted by atomic mass is 19.4. The molecule has 1 N–H and O–H groups in total. The van der Waals surface area contributed by atoms with Crippen LogP contribution in [0.5, 0.6) is 5.75 Å². The lowest BCUT2D eigenvalue weighted by Crippen LogP contribution is -2.35. The maximum Gasteiger partial charge on any atom is 0.573 e. The van der Waals surface area contributed by atoms with Crippen LogP contribution in [0, 0.1) is 11.8 Å². The lowest BCUT2D eigenvalue weighted by atomic mass is 9.83. The van der Waals surface area contributed by atoms with Gasteiger partial charge in [0.1, 0.15) is 5.75 Å². The summed E-state index contributed by atoms with van der Waals surface area (Å²) >= 11 is 0. The van der Waals surface area contributed by atoms with Gasteiger partial charge in [0.05, 0.1) is 5.71 Å². The van der Waals surface area contributed by atoms with E-state index in [0.29, 0.717) is 12.0 Å². The highest BCUT2D eigenvalue weighted by Gasteiger charge is 2.44. The summed E-state index contributed by atoms with van der Waals surface area (Å²) in [7, 11) is 0. The minimum absolute atomic E-state index is 0.0306. The number of rotatable bonds is 6. The zero-order chi connectivity index (χ0) is 22.8. The normalized spacial score (nSPS) is 25.2. The zero-order valence-corrected chi connectivity index (χ0v) is 17.7. The first-order valence-electron chi connectivity index (χ1n) is 10.7. The van der Waals surface area contributed by atoms with Crippen LogP contribution in [0.25, 0.3) is 0 Å². The predicted octanol–water partition coefficient (Wildman–Crippen LogP) is 5.31. The molecule has 0 radical (unpaired) electrons. The van der Waals surface area contributed by atoms with Gasteiger partial charge < -0.3 is 14.9 Å². The van der Waals surface area contributed by atoms with Gasteiger partial charge in [-0.3, -0.25) is 4.79 Å². The number of nitrogens with zero attached hydrogens (tertiary/aromatic N) is 1. The molecular weight excluding hydrogens is 421 g/mol. The van der Waals surface area contributed by atoms with Gasteiger partial charge in [0.25, 0.3) is 0 Å². The van der Waals surface area contributed by atoms with Crippen LogP contribution in [0.1, 0.15) is 43.7 Å². The molecule has 32 heavy (non-hydrogen) atoms. The number of alkyl halides is 3. The molecule has 0 bridgehead atoms. The second kappa shape index (κ2) is 8.84. The number of carbonyl (C=O) groups is 1. The highest BCUT2D eigenvalue weighted by molar-refractivity contribution is 5.93. The summed E-state index contributed by atoms with van der Waals surface area (Å²) in [4.78, 5) is 18.7. The summed E-state index contributed by atoms with van der Waals surface area (Å²) in [6.07, 6.45) is -1.49. The number of oxime groups is 1. The van der Waals surface area contributed by atoms with Crippen molar-refractivity contribution in [3.05, 3.63) is 65.7 Å². The molecule has 1 aliphatic heterocycles. The standard InChI is InChI=1S/C24H25F3N2O3/c1-23(17-6-3-2-4-7-17)14-21(29-32-23)19-8-5-9-20(19)22(30)28-15-16-10-12-18(13-11-16)31-24(25,26)27/h2-4,6-7,10-13,19-20H,5,8-9,14-15H2,1H3,(H,28,30). The molecule has 8 heteroatoms. The van der Waals surface area contributed by atoms with Gasteiger partial charge in [-0.1, -0.05) is 54.0 Å². The van der Waals surface area contributed by atoms with Crippen LogP contribution in [0.4, 0.5) is 13.2 Å². The first-order chi connectivity index (χ1) is 15.2. The Hall–Kier alpha value is -3.03. The van der Waals surface area contributed by atoms with E-state index >= 15 is 0 Å². The van der Waals surface area contributed by atoms with E-state index in [1.807, 2.05) is 37.3 Å². The molecule has 0 spiro atoms. The molecule has 1 amide bonds. The molecule has 0 saturated heterocycles. The molecule has 5 nitrogen and oxygen atoms in total. The van der Waals surface area contributed by atoms with Gasteiger partial charge in [-0.05, 0) is 43.0 Å². The van der Waals surface area contributed by atoms with Gasteiger partial charge in [-0.25, -0.2) is 0 Å². The van der Waals surface area contributed by atoms with Gasteiger partial charge in [0, 0.05) is 24.8 Å². The molecule has 0 aromatic heterocycles. The third-order valence-corrected chi connectivity index (χ3v) is 6.17. The number of carbonyl (C=O) groups excluding carboxylic acids is 1. The van der Waals surface area contributed by atoms with Crippen molar-refractivity contribution in [2.45, 2.75) is 51.1 Å². The van der Waals surface area contributed by atoms with Crippen LogP contribution in [0.2, 0.25) is 0 Å². The Morgan fingerprint density at radius 1 is 1.16 bits per heavy atom. The summed E-state index contributed by atoms with van der Waals surface area (Å²) in [6.45, 7) is 2.24. The van der Waals surface area contributed by atoms with Crippen LogP contribution in [0.3, 0.4) is 0 Å². The Kier molecular flexibility index (Phi) is 6.13. The molecule has 4 rings (SSSR count). The third kappa shape index (κ3) is 5.06. The Morgan fingerprint density at radius 3 is 2.56 bits per heavy atom. The van der Waals surface area contributed by atoms with Crippen LogP contribution < -0.4 is 10.1 Å². The van der Waals surface area contributed by atoms with Crippen LogP contribution in [-0.2, 0) is 21.8 Å². The average Bonchev–Trinajstić information content (AvgIpc) is 3.40. The minimum Gasteiger partial charge on any atom is -0.406 e. The topological polar surface area (TPSA) is 59.9 Å². The lowest BCUT2D eigenvalue weighted by molar-refractivity contribution is -0.274. The van der Waals surface area contributed by atoms with E-state index in [2.05, 4.69) is 15.2 Å². The van der Waals surface area contributed by atoms with Crippen molar-refractivity contribution in [2.24, 2.45) is 17.0 Å². The van der Waals surface area contributed by atoms with Crippen LogP contribution in [0.15, 0.2) is 59.8 Å². The van der Waals surface area contributed by atoms with E-state index in [0.717, 1.165) is 30.5 Å². The van der Waals surface area contributed by atoms with Crippen molar-refractivity contribution < 1.29 is 27.5 Å². The largest absolute Gasteiger partial charge is 0.573 e. The summed E-state index contributed by atoms with van der Waals surface area (Å²) in [5, 5.41) is 7.28. The number of benzene rings is 2.